The fraction of sp³-hybridized carbons (Fsp3) is 0.704. The molecule has 1 aromatic rings. The number of nitrogens with zero attached hydrogens (tertiary/aromatic N) is 3. The van der Waals surface area contributed by atoms with Gasteiger partial charge in [-0.2, -0.15) is 0 Å². The lowest BCUT2D eigenvalue weighted by Gasteiger charge is -2.43. The van der Waals surface area contributed by atoms with Crippen LogP contribution in [0, 0.1) is 17.2 Å². The quantitative estimate of drug-likeness (QED) is 0.574. The lowest BCUT2D eigenvalue weighted by molar-refractivity contribution is -0.139. The van der Waals surface area contributed by atoms with Crippen molar-refractivity contribution in [1.29, 1.82) is 0 Å². The van der Waals surface area contributed by atoms with Gasteiger partial charge in [0.05, 0.1) is 6.61 Å². The molecule has 0 radical (unpaired) electrons. The third kappa shape index (κ3) is 6.71. The molecule has 0 aromatic heterocycles. The predicted molar refractivity (Wildman–Crippen MR) is 130 cm³/mol. The van der Waals surface area contributed by atoms with Gasteiger partial charge in [-0.3, -0.25) is 9.59 Å². The maximum Gasteiger partial charge on any atom is 0.223 e. The number of halogens is 1. The molecule has 2 saturated heterocycles. The number of piperidine rings is 1. The van der Waals surface area contributed by atoms with Gasteiger partial charge in [0.2, 0.25) is 11.8 Å². The summed E-state index contributed by atoms with van der Waals surface area (Å²) in [6.45, 7) is 5.06. The fourth-order valence-corrected chi connectivity index (χ4v) is 5.64. The number of rotatable bonds is 8. The Labute approximate surface area is 203 Å². The molecular formula is C27H40FN3O3. The zero-order valence-electron chi connectivity index (χ0n) is 20.6. The Balaban J connectivity index is 1.35. The van der Waals surface area contributed by atoms with E-state index in [1.807, 2.05) is 9.80 Å². The van der Waals surface area contributed by atoms with Crippen LogP contribution < -0.4 is 4.74 Å². The second-order valence-corrected chi connectivity index (χ2v) is 10.7. The average molecular weight is 474 g/mol. The van der Waals surface area contributed by atoms with Gasteiger partial charge in [-0.1, -0.05) is 25.7 Å². The first-order valence-electron chi connectivity index (χ1n) is 13.0. The molecule has 3 fully saturated rings. The molecule has 2 heterocycles. The molecule has 2 aliphatic heterocycles. The zero-order chi connectivity index (χ0) is 24.0. The van der Waals surface area contributed by atoms with Crippen LogP contribution >= 0.6 is 0 Å². The molecule has 2 amide bonds. The van der Waals surface area contributed by atoms with Crippen LogP contribution in [0.5, 0.6) is 5.75 Å². The predicted octanol–water partition coefficient (Wildman–Crippen LogP) is 3.95. The molecule has 1 saturated carbocycles. The minimum atomic E-state index is -0.308. The maximum absolute atomic E-state index is 13.3. The molecule has 188 valence electrons. The molecule has 1 aromatic carbocycles. The molecule has 0 unspecified atom stereocenters. The highest BCUT2D eigenvalue weighted by molar-refractivity contribution is 5.78. The summed E-state index contributed by atoms with van der Waals surface area (Å²) in [6.07, 6.45) is 8.74. The summed E-state index contributed by atoms with van der Waals surface area (Å²) in [6, 6.07) is 6.05. The first-order valence-corrected chi connectivity index (χ1v) is 13.0. The van der Waals surface area contributed by atoms with Crippen molar-refractivity contribution in [1.82, 2.24) is 14.7 Å². The molecule has 0 spiro atoms. The van der Waals surface area contributed by atoms with Crippen LogP contribution in [0.4, 0.5) is 4.39 Å². The Bertz CT molecular complexity index is 809. The number of likely N-dealkylation sites (N-methyl/N-ethyl adjacent to an activating group) is 1. The van der Waals surface area contributed by atoms with Crippen LogP contribution in [-0.4, -0.2) is 79.4 Å². The molecule has 34 heavy (non-hydrogen) atoms. The first kappa shape index (κ1) is 25.0. The van der Waals surface area contributed by atoms with Crippen LogP contribution in [-0.2, 0) is 9.59 Å². The molecule has 0 bridgehead atoms. The first-order chi connectivity index (χ1) is 16.4. The van der Waals surface area contributed by atoms with Gasteiger partial charge in [0, 0.05) is 57.5 Å². The average Bonchev–Trinajstić information content (AvgIpc) is 3.37. The second-order valence-electron chi connectivity index (χ2n) is 10.7. The van der Waals surface area contributed by atoms with Crippen molar-refractivity contribution in [3.63, 3.8) is 0 Å². The summed E-state index contributed by atoms with van der Waals surface area (Å²) in [5.74, 6) is 1.47. The van der Waals surface area contributed by atoms with Gasteiger partial charge < -0.3 is 19.4 Å². The van der Waals surface area contributed by atoms with Crippen molar-refractivity contribution in [3.8, 4) is 5.75 Å². The van der Waals surface area contributed by atoms with Crippen LogP contribution in [0.1, 0.15) is 57.8 Å². The summed E-state index contributed by atoms with van der Waals surface area (Å²) < 4.78 is 19.4. The number of piperazine rings is 1. The number of carbonyl (C=O) groups is 2. The highest BCUT2D eigenvalue weighted by Gasteiger charge is 2.40. The number of hydrogen-bond acceptors (Lipinski definition) is 4. The maximum atomic E-state index is 13.3. The number of carbonyl (C=O) groups excluding carboxylic acids is 2. The van der Waals surface area contributed by atoms with Gasteiger partial charge in [-0.15, -0.1) is 0 Å². The summed E-state index contributed by atoms with van der Waals surface area (Å²) in [7, 11) is 2.08. The number of hydrogen-bond donors (Lipinski definition) is 0. The van der Waals surface area contributed by atoms with Gasteiger partial charge in [0.25, 0.3) is 0 Å². The third-order valence-electron chi connectivity index (χ3n) is 8.16. The van der Waals surface area contributed by atoms with Gasteiger partial charge in [0.15, 0.2) is 0 Å². The van der Waals surface area contributed by atoms with E-state index in [2.05, 4.69) is 11.9 Å². The molecule has 6 nitrogen and oxygen atoms in total. The Hall–Kier alpha value is -2.15. The van der Waals surface area contributed by atoms with E-state index in [-0.39, 0.29) is 23.0 Å². The van der Waals surface area contributed by atoms with Crippen LogP contribution in [0.15, 0.2) is 24.3 Å². The van der Waals surface area contributed by atoms with Crippen molar-refractivity contribution < 1.29 is 18.7 Å². The topological polar surface area (TPSA) is 53.1 Å². The van der Waals surface area contributed by atoms with Gasteiger partial charge >= 0.3 is 0 Å². The molecule has 4 rings (SSSR count). The minimum Gasteiger partial charge on any atom is -0.493 e. The Morgan fingerprint density at radius 1 is 0.941 bits per heavy atom. The van der Waals surface area contributed by atoms with Crippen LogP contribution in [0.25, 0.3) is 0 Å². The van der Waals surface area contributed by atoms with Gasteiger partial charge in [-0.25, -0.2) is 4.39 Å². The van der Waals surface area contributed by atoms with E-state index >= 15 is 0 Å². The van der Waals surface area contributed by atoms with E-state index in [0.29, 0.717) is 38.3 Å². The van der Waals surface area contributed by atoms with E-state index in [4.69, 9.17) is 4.74 Å². The standard InChI is InChI=1S/C27H40FN3O3/c1-29-16-18-31(19-17-29)26(33)20-27(21-34-24-9-7-23(28)8-10-24)12-14-30(15-13-27)25(32)11-6-22-4-2-3-5-22/h7-10,22H,2-6,11-21H2,1H3. The Morgan fingerprint density at radius 2 is 1.56 bits per heavy atom. The largest absolute Gasteiger partial charge is 0.493 e. The van der Waals surface area contributed by atoms with E-state index in [1.165, 1.54) is 37.8 Å². The molecule has 0 atom stereocenters. The van der Waals surface area contributed by atoms with Crippen molar-refractivity contribution >= 4 is 11.8 Å². The summed E-state index contributed by atoms with van der Waals surface area (Å²) in [5.41, 5.74) is -0.308. The number of amides is 2. The Morgan fingerprint density at radius 3 is 2.21 bits per heavy atom. The van der Waals surface area contributed by atoms with E-state index in [0.717, 1.165) is 51.4 Å². The summed E-state index contributed by atoms with van der Waals surface area (Å²) in [5, 5.41) is 0. The van der Waals surface area contributed by atoms with Crippen molar-refractivity contribution in [2.24, 2.45) is 11.3 Å². The normalized spacial score (nSPS) is 21.6. The van der Waals surface area contributed by atoms with E-state index in [1.54, 1.807) is 12.1 Å². The van der Waals surface area contributed by atoms with E-state index in [9.17, 15) is 14.0 Å². The smallest absolute Gasteiger partial charge is 0.223 e. The minimum absolute atomic E-state index is 0.178. The lowest BCUT2D eigenvalue weighted by atomic mass is 9.75. The Kier molecular flexibility index (Phi) is 8.46. The summed E-state index contributed by atoms with van der Waals surface area (Å²) >= 11 is 0. The van der Waals surface area contributed by atoms with Gasteiger partial charge in [0.1, 0.15) is 11.6 Å². The zero-order valence-corrected chi connectivity index (χ0v) is 20.6. The second kappa shape index (κ2) is 11.5. The van der Waals surface area contributed by atoms with Crippen LogP contribution in [0.3, 0.4) is 0 Å². The molecule has 3 aliphatic rings. The fourth-order valence-electron chi connectivity index (χ4n) is 5.64. The van der Waals surface area contributed by atoms with Crippen LogP contribution in [0.2, 0.25) is 0 Å². The lowest BCUT2D eigenvalue weighted by Crippen LogP contribution is -2.51. The van der Waals surface area contributed by atoms with E-state index < -0.39 is 0 Å². The van der Waals surface area contributed by atoms with Crippen molar-refractivity contribution in [2.75, 3.05) is 52.9 Å². The SMILES string of the molecule is CN1CCN(C(=O)CC2(COc3ccc(F)cc3)CCN(C(=O)CCC3CCCC3)CC2)CC1. The molecule has 1 aliphatic carbocycles. The number of ether oxygens (including phenoxy) is 1. The molecular weight excluding hydrogens is 433 g/mol. The van der Waals surface area contributed by atoms with Crippen molar-refractivity contribution in [2.45, 2.75) is 57.8 Å². The molecule has 7 heteroatoms. The number of benzene rings is 1. The van der Waals surface area contributed by atoms with Crippen molar-refractivity contribution in [3.05, 3.63) is 30.1 Å². The highest BCUT2D eigenvalue weighted by Crippen LogP contribution is 2.37. The monoisotopic (exact) mass is 473 g/mol. The van der Waals surface area contributed by atoms with Gasteiger partial charge in [-0.05, 0) is 56.5 Å². The molecule has 0 N–H and O–H groups in total. The highest BCUT2D eigenvalue weighted by atomic mass is 19.1. The number of likely N-dealkylation sites (tertiary alicyclic amines) is 1. The summed E-state index contributed by atoms with van der Waals surface area (Å²) in [4.78, 5) is 32.3. The third-order valence-corrected chi connectivity index (χ3v) is 8.16.